The molecule has 0 aliphatic carbocycles. The number of hydrogen-bond donors (Lipinski definition) is 0. The highest BCUT2D eigenvalue weighted by atomic mass is 16.1. The molecule has 0 aliphatic heterocycles. The zero-order valence-electron chi connectivity index (χ0n) is 7.82. The molecule has 0 radical (unpaired) electrons. The number of rotatable bonds is 1. The molecule has 2 aromatic rings. The van der Waals surface area contributed by atoms with Gasteiger partial charge in [0.05, 0.1) is 5.69 Å². The molecule has 0 saturated carbocycles. The molecule has 0 N–H and O–H groups in total. The van der Waals surface area contributed by atoms with Crippen LogP contribution in [-0.4, -0.2) is 6.08 Å². The van der Waals surface area contributed by atoms with E-state index in [0.717, 1.165) is 22.0 Å². The van der Waals surface area contributed by atoms with Crippen LogP contribution >= 0.6 is 0 Å². The van der Waals surface area contributed by atoms with Crippen molar-refractivity contribution in [3.8, 4) is 0 Å². The molecule has 0 heterocycles. The van der Waals surface area contributed by atoms with E-state index in [1.807, 2.05) is 43.3 Å². The second kappa shape index (κ2) is 3.44. The molecule has 0 bridgehead atoms. The van der Waals surface area contributed by atoms with Crippen LogP contribution in [0.25, 0.3) is 10.8 Å². The molecule has 0 unspecified atom stereocenters. The van der Waals surface area contributed by atoms with Gasteiger partial charge in [-0.1, -0.05) is 36.4 Å². The van der Waals surface area contributed by atoms with Gasteiger partial charge in [-0.3, -0.25) is 0 Å². The Morgan fingerprint density at radius 3 is 2.71 bits per heavy atom. The number of benzene rings is 2. The SMILES string of the molecule is Cc1ccc2ccccc2c1N=C=O. The molecule has 0 fully saturated rings. The maximum absolute atomic E-state index is 10.3. The number of aryl methyl sites for hydroxylation is 1. The summed E-state index contributed by atoms with van der Waals surface area (Å²) >= 11 is 0. The summed E-state index contributed by atoms with van der Waals surface area (Å²) in [6.45, 7) is 1.93. The van der Waals surface area contributed by atoms with Gasteiger partial charge in [-0.05, 0) is 17.9 Å². The molecule has 0 saturated heterocycles. The molecule has 14 heavy (non-hydrogen) atoms. The summed E-state index contributed by atoms with van der Waals surface area (Å²) in [6, 6.07) is 11.8. The Labute approximate surface area is 81.9 Å². The van der Waals surface area contributed by atoms with Crippen LogP contribution < -0.4 is 0 Å². The predicted molar refractivity (Wildman–Crippen MR) is 56.5 cm³/mol. The van der Waals surface area contributed by atoms with Gasteiger partial charge in [0, 0.05) is 5.39 Å². The fourth-order valence-corrected chi connectivity index (χ4v) is 1.56. The molecule has 2 heteroatoms. The highest BCUT2D eigenvalue weighted by Crippen LogP contribution is 2.28. The van der Waals surface area contributed by atoms with E-state index in [1.165, 1.54) is 0 Å². The molecule has 0 atom stereocenters. The van der Waals surface area contributed by atoms with Gasteiger partial charge in [0.2, 0.25) is 6.08 Å². The van der Waals surface area contributed by atoms with Crippen LogP contribution in [0.2, 0.25) is 0 Å². The van der Waals surface area contributed by atoms with E-state index in [4.69, 9.17) is 0 Å². The lowest BCUT2D eigenvalue weighted by atomic mass is 10.1. The van der Waals surface area contributed by atoms with Crippen molar-refractivity contribution in [1.82, 2.24) is 0 Å². The van der Waals surface area contributed by atoms with Gasteiger partial charge in [-0.15, -0.1) is 0 Å². The molecule has 0 spiro atoms. The van der Waals surface area contributed by atoms with Crippen molar-refractivity contribution in [3.05, 3.63) is 42.0 Å². The zero-order valence-corrected chi connectivity index (χ0v) is 7.82. The summed E-state index contributed by atoms with van der Waals surface area (Å²) in [5.41, 5.74) is 1.71. The average Bonchev–Trinajstić information content (AvgIpc) is 2.23. The summed E-state index contributed by atoms with van der Waals surface area (Å²) < 4.78 is 0. The number of fused-ring (bicyclic) bond motifs is 1. The van der Waals surface area contributed by atoms with Crippen LogP contribution in [0.4, 0.5) is 5.69 Å². The van der Waals surface area contributed by atoms with Gasteiger partial charge in [0.25, 0.3) is 0 Å². The minimum absolute atomic E-state index is 0.720. The van der Waals surface area contributed by atoms with E-state index < -0.39 is 0 Å². The van der Waals surface area contributed by atoms with Crippen molar-refractivity contribution in [2.24, 2.45) is 4.99 Å². The lowest BCUT2D eigenvalue weighted by Crippen LogP contribution is -1.78. The van der Waals surface area contributed by atoms with Crippen molar-refractivity contribution in [3.63, 3.8) is 0 Å². The summed E-state index contributed by atoms with van der Waals surface area (Å²) in [6.07, 6.45) is 1.59. The maximum atomic E-state index is 10.3. The Morgan fingerprint density at radius 2 is 1.93 bits per heavy atom. The lowest BCUT2D eigenvalue weighted by molar-refractivity contribution is 0.565. The van der Waals surface area contributed by atoms with Crippen LogP contribution in [0.5, 0.6) is 0 Å². The van der Waals surface area contributed by atoms with Crippen LogP contribution in [0.15, 0.2) is 41.4 Å². The topological polar surface area (TPSA) is 29.4 Å². The molecule has 2 aromatic carbocycles. The Kier molecular flexibility index (Phi) is 2.13. The maximum Gasteiger partial charge on any atom is 0.240 e. The van der Waals surface area contributed by atoms with Crippen LogP contribution in [0.1, 0.15) is 5.56 Å². The number of hydrogen-bond acceptors (Lipinski definition) is 2. The monoisotopic (exact) mass is 183 g/mol. The molecule has 2 rings (SSSR count). The normalized spacial score (nSPS) is 9.79. The van der Waals surface area contributed by atoms with Gasteiger partial charge in [0.15, 0.2) is 0 Å². The Bertz CT molecular complexity index is 525. The number of nitrogens with zero attached hydrogens (tertiary/aromatic N) is 1. The van der Waals surface area contributed by atoms with Gasteiger partial charge in [0.1, 0.15) is 0 Å². The minimum Gasteiger partial charge on any atom is -0.211 e. The van der Waals surface area contributed by atoms with Crippen molar-refractivity contribution in [2.75, 3.05) is 0 Å². The third kappa shape index (κ3) is 1.32. The van der Waals surface area contributed by atoms with Crippen molar-refractivity contribution in [2.45, 2.75) is 6.92 Å². The van der Waals surface area contributed by atoms with E-state index >= 15 is 0 Å². The molecule has 2 nitrogen and oxygen atoms in total. The fraction of sp³-hybridized carbons (Fsp3) is 0.0833. The first kappa shape index (κ1) is 8.67. The molecule has 0 amide bonds. The first-order valence-corrected chi connectivity index (χ1v) is 4.39. The minimum atomic E-state index is 0.720. The third-order valence-corrected chi connectivity index (χ3v) is 2.26. The highest BCUT2D eigenvalue weighted by Gasteiger charge is 2.01. The lowest BCUT2D eigenvalue weighted by Gasteiger charge is -2.03. The Hall–Kier alpha value is -1.92. The van der Waals surface area contributed by atoms with E-state index in [1.54, 1.807) is 6.08 Å². The molecular formula is C12H9NO. The van der Waals surface area contributed by atoms with Gasteiger partial charge < -0.3 is 0 Å². The van der Waals surface area contributed by atoms with Gasteiger partial charge >= 0.3 is 0 Å². The van der Waals surface area contributed by atoms with Crippen molar-refractivity contribution in [1.29, 1.82) is 0 Å². The van der Waals surface area contributed by atoms with Crippen molar-refractivity contribution >= 4 is 22.5 Å². The number of aliphatic imine (C=N–C) groups is 1. The second-order valence-corrected chi connectivity index (χ2v) is 3.16. The molecule has 68 valence electrons. The quantitative estimate of drug-likeness (QED) is 0.493. The first-order valence-electron chi connectivity index (χ1n) is 4.39. The van der Waals surface area contributed by atoms with Crippen molar-refractivity contribution < 1.29 is 4.79 Å². The van der Waals surface area contributed by atoms with E-state index in [9.17, 15) is 4.79 Å². The highest BCUT2D eigenvalue weighted by molar-refractivity contribution is 5.94. The largest absolute Gasteiger partial charge is 0.240 e. The number of isocyanates is 1. The molecule has 0 aliphatic rings. The fourth-order valence-electron chi connectivity index (χ4n) is 1.56. The first-order chi connectivity index (χ1) is 6.83. The second-order valence-electron chi connectivity index (χ2n) is 3.16. The van der Waals surface area contributed by atoms with Gasteiger partial charge in [-0.25, -0.2) is 4.79 Å². The molecule has 0 aromatic heterocycles. The number of carbonyl (C=O) groups excluding carboxylic acids is 1. The predicted octanol–water partition coefficient (Wildman–Crippen LogP) is 3.12. The van der Waals surface area contributed by atoms with E-state index in [-0.39, 0.29) is 0 Å². The Balaban J connectivity index is 2.89. The van der Waals surface area contributed by atoms with Gasteiger partial charge in [-0.2, -0.15) is 4.99 Å². The summed E-state index contributed by atoms with van der Waals surface area (Å²) in [5.74, 6) is 0. The average molecular weight is 183 g/mol. The zero-order chi connectivity index (χ0) is 9.97. The van der Waals surface area contributed by atoms with E-state index in [0.29, 0.717) is 0 Å². The Morgan fingerprint density at radius 1 is 1.14 bits per heavy atom. The summed E-state index contributed by atoms with van der Waals surface area (Å²) in [5, 5.41) is 2.09. The standard InChI is InChI=1S/C12H9NO/c1-9-6-7-10-4-2-3-5-11(10)12(9)13-8-14/h2-7H,1H3. The third-order valence-electron chi connectivity index (χ3n) is 2.26. The van der Waals surface area contributed by atoms with Crippen LogP contribution in [-0.2, 0) is 4.79 Å². The van der Waals surface area contributed by atoms with Crippen LogP contribution in [0.3, 0.4) is 0 Å². The summed E-state index contributed by atoms with van der Waals surface area (Å²) in [7, 11) is 0. The molecular weight excluding hydrogens is 174 g/mol. The smallest absolute Gasteiger partial charge is 0.211 e. The summed E-state index contributed by atoms with van der Waals surface area (Å²) in [4.78, 5) is 14.0. The van der Waals surface area contributed by atoms with Crippen LogP contribution in [0, 0.1) is 6.92 Å². The van der Waals surface area contributed by atoms with E-state index in [2.05, 4.69) is 4.99 Å².